The van der Waals surface area contributed by atoms with Gasteiger partial charge in [0.2, 0.25) is 0 Å². The van der Waals surface area contributed by atoms with E-state index >= 15 is 0 Å². The van der Waals surface area contributed by atoms with Gasteiger partial charge in [-0.05, 0) is 6.07 Å². The summed E-state index contributed by atoms with van der Waals surface area (Å²) >= 11 is 1.48. The Hall–Kier alpha value is -0.890. The van der Waals surface area contributed by atoms with Crippen molar-refractivity contribution in [3.63, 3.8) is 0 Å². The molecule has 0 fully saturated rings. The van der Waals surface area contributed by atoms with Crippen molar-refractivity contribution in [2.75, 3.05) is 7.05 Å². The third kappa shape index (κ3) is 2.31. The molecule has 0 aliphatic rings. The van der Waals surface area contributed by atoms with Crippen molar-refractivity contribution < 1.29 is 5.21 Å². The Balaban J connectivity index is 2.67. The van der Waals surface area contributed by atoms with E-state index < -0.39 is 0 Å². The fourth-order valence-corrected chi connectivity index (χ4v) is 1.60. The zero-order chi connectivity index (χ0) is 8.27. The Morgan fingerprint density at radius 2 is 2.55 bits per heavy atom. The topological polar surface area (TPSA) is 47.3 Å². The molecule has 0 bridgehead atoms. The number of nitrogens with zero attached hydrogens (tertiary/aromatic N) is 2. The summed E-state index contributed by atoms with van der Waals surface area (Å²) in [5.74, 6) is 0. The van der Waals surface area contributed by atoms with E-state index in [9.17, 15) is 0 Å². The van der Waals surface area contributed by atoms with E-state index in [1.165, 1.54) is 11.3 Å². The summed E-state index contributed by atoms with van der Waals surface area (Å²) in [5.41, 5.74) is 0.659. The minimum atomic E-state index is 0.479. The van der Waals surface area contributed by atoms with Crippen LogP contribution in [0.25, 0.3) is 0 Å². The number of nitriles is 1. The second kappa shape index (κ2) is 3.49. The summed E-state index contributed by atoms with van der Waals surface area (Å²) in [6.45, 7) is 0.479. The van der Waals surface area contributed by atoms with Crippen molar-refractivity contribution >= 4 is 11.3 Å². The lowest BCUT2D eigenvalue weighted by Crippen LogP contribution is -2.10. The zero-order valence-electron chi connectivity index (χ0n) is 6.11. The fraction of sp³-hybridized carbons (Fsp3) is 0.286. The van der Waals surface area contributed by atoms with Crippen molar-refractivity contribution in [1.82, 2.24) is 5.06 Å². The molecule has 1 rings (SSSR count). The lowest BCUT2D eigenvalue weighted by molar-refractivity contribution is -0.0723. The van der Waals surface area contributed by atoms with Gasteiger partial charge in [-0.15, -0.1) is 11.3 Å². The van der Waals surface area contributed by atoms with Crippen molar-refractivity contribution in [3.8, 4) is 6.07 Å². The molecule has 0 spiro atoms. The number of hydroxylamine groups is 2. The highest BCUT2D eigenvalue weighted by Gasteiger charge is 2.00. The molecule has 0 unspecified atom stereocenters. The van der Waals surface area contributed by atoms with Crippen molar-refractivity contribution in [2.24, 2.45) is 0 Å². The maximum atomic E-state index is 8.84. The summed E-state index contributed by atoms with van der Waals surface area (Å²) in [6, 6.07) is 3.81. The van der Waals surface area contributed by atoms with Crippen LogP contribution in [0, 0.1) is 11.3 Å². The van der Waals surface area contributed by atoms with Gasteiger partial charge < -0.3 is 5.21 Å². The molecule has 4 heteroatoms. The average molecular weight is 168 g/mol. The second-order valence-electron chi connectivity index (χ2n) is 2.23. The van der Waals surface area contributed by atoms with Crippen LogP contribution in [-0.4, -0.2) is 17.3 Å². The molecule has 0 amide bonds. The molecule has 58 valence electrons. The summed E-state index contributed by atoms with van der Waals surface area (Å²) in [6.07, 6.45) is 0. The van der Waals surface area contributed by atoms with Crippen molar-refractivity contribution in [1.29, 1.82) is 5.26 Å². The molecular weight excluding hydrogens is 160 g/mol. The lowest BCUT2D eigenvalue weighted by Gasteiger charge is -2.03. The predicted molar refractivity (Wildman–Crippen MR) is 42.3 cm³/mol. The van der Waals surface area contributed by atoms with E-state index in [1.54, 1.807) is 18.5 Å². The van der Waals surface area contributed by atoms with Crippen LogP contribution in [-0.2, 0) is 6.54 Å². The highest BCUT2D eigenvalue weighted by molar-refractivity contribution is 7.10. The van der Waals surface area contributed by atoms with Crippen LogP contribution in [0.2, 0.25) is 0 Å². The Kier molecular flexibility index (Phi) is 2.60. The molecular formula is C7H8N2OS. The van der Waals surface area contributed by atoms with Gasteiger partial charge in [0.25, 0.3) is 0 Å². The molecule has 1 heterocycles. The number of rotatable bonds is 2. The molecule has 1 aromatic rings. The van der Waals surface area contributed by atoms with Gasteiger partial charge in [0.05, 0.1) is 12.1 Å². The maximum Gasteiger partial charge on any atom is 0.100 e. The molecule has 1 aromatic heterocycles. The van der Waals surface area contributed by atoms with Crippen LogP contribution < -0.4 is 0 Å². The quantitative estimate of drug-likeness (QED) is 0.680. The summed E-state index contributed by atoms with van der Waals surface area (Å²) < 4.78 is 0. The Morgan fingerprint density at radius 1 is 1.82 bits per heavy atom. The number of thiophene rings is 1. The Labute approximate surface area is 69.1 Å². The third-order valence-electron chi connectivity index (χ3n) is 1.17. The van der Waals surface area contributed by atoms with Crippen LogP contribution in [0.1, 0.15) is 10.4 Å². The number of hydrogen-bond acceptors (Lipinski definition) is 4. The Morgan fingerprint density at radius 3 is 3.00 bits per heavy atom. The first-order valence-electron chi connectivity index (χ1n) is 3.10. The van der Waals surface area contributed by atoms with Crippen molar-refractivity contribution in [2.45, 2.75) is 6.54 Å². The minimum absolute atomic E-state index is 0.479. The van der Waals surface area contributed by atoms with Gasteiger partial charge >= 0.3 is 0 Å². The SMILES string of the molecule is CN(O)Cc1cc(C#N)cs1. The second-order valence-corrected chi connectivity index (χ2v) is 3.23. The fourth-order valence-electron chi connectivity index (χ4n) is 0.748. The lowest BCUT2D eigenvalue weighted by atomic mass is 10.3. The molecule has 0 radical (unpaired) electrons. The first-order chi connectivity index (χ1) is 5.22. The molecule has 3 nitrogen and oxygen atoms in total. The Bertz CT molecular complexity index is 274. The first kappa shape index (κ1) is 8.21. The summed E-state index contributed by atoms with van der Waals surface area (Å²) in [7, 11) is 1.58. The van der Waals surface area contributed by atoms with Gasteiger partial charge in [0, 0.05) is 17.3 Å². The molecule has 0 saturated carbocycles. The third-order valence-corrected chi connectivity index (χ3v) is 2.09. The van der Waals surface area contributed by atoms with E-state index in [0.29, 0.717) is 12.1 Å². The van der Waals surface area contributed by atoms with Crippen LogP contribution in [0.3, 0.4) is 0 Å². The molecule has 11 heavy (non-hydrogen) atoms. The van der Waals surface area contributed by atoms with E-state index in [4.69, 9.17) is 10.5 Å². The first-order valence-corrected chi connectivity index (χ1v) is 3.98. The van der Waals surface area contributed by atoms with Crippen LogP contribution in [0.4, 0.5) is 0 Å². The standard InChI is InChI=1S/C7H8N2OS/c1-9(10)4-7-2-6(3-8)5-11-7/h2,5,10H,4H2,1H3. The van der Waals surface area contributed by atoms with E-state index in [1.807, 2.05) is 6.07 Å². The van der Waals surface area contributed by atoms with Gasteiger partial charge in [0.15, 0.2) is 0 Å². The summed E-state index contributed by atoms with van der Waals surface area (Å²) in [4.78, 5) is 0.992. The summed E-state index contributed by atoms with van der Waals surface area (Å²) in [5, 5.41) is 20.2. The number of hydrogen-bond donors (Lipinski definition) is 1. The van der Waals surface area contributed by atoms with Gasteiger partial charge in [0.1, 0.15) is 6.07 Å². The molecule has 0 atom stereocenters. The average Bonchev–Trinajstić information content (AvgIpc) is 2.34. The monoisotopic (exact) mass is 168 g/mol. The molecule has 1 N–H and O–H groups in total. The van der Waals surface area contributed by atoms with Crippen LogP contribution in [0.5, 0.6) is 0 Å². The van der Waals surface area contributed by atoms with Gasteiger partial charge in [-0.25, -0.2) is 0 Å². The molecule has 0 aliphatic heterocycles. The normalized spacial score (nSPS) is 10.0. The van der Waals surface area contributed by atoms with E-state index in [0.717, 1.165) is 9.94 Å². The highest BCUT2D eigenvalue weighted by Crippen LogP contribution is 2.14. The van der Waals surface area contributed by atoms with Crippen LogP contribution in [0.15, 0.2) is 11.4 Å². The van der Waals surface area contributed by atoms with E-state index in [-0.39, 0.29) is 0 Å². The van der Waals surface area contributed by atoms with Crippen molar-refractivity contribution in [3.05, 3.63) is 21.9 Å². The maximum absolute atomic E-state index is 8.84. The van der Waals surface area contributed by atoms with Gasteiger partial charge in [-0.3, -0.25) is 0 Å². The molecule has 0 aromatic carbocycles. The largest absolute Gasteiger partial charge is 0.314 e. The predicted octanol–water partition coefficient (Wildman–Crippen LogP) is 1.44. The highest BCUT2D eigenvalue weighted by atomic mass is 32.1. The zero-order valence-corrected chi connectivity index (χ0v) is 6.93. The van der Waals surface area contributed by atoms with Gasteiger partial charge in [-0.2, -0.15) is 10.3 Å². The molecule has 0 saturated heterocycles. The van der Waals surface area contributed by atoms with Gasteiger partial charge in [-0.1, -0.05) is 0 Å². The van der Waals surface area contributed by atoms with Crippen LogP contribution >= 0.6 is 11.3 Å². The van der Waals surface area contributed by atoms with E-state index in [2.05, 4.69) is 0 Å². The molecule has 0 aliphatic carbocycles. The smallest absolute Gasteiger partial charge is 0.100 e. The minimum Gasteiger partial charge on any atom is -0.314 e.